The van der Waals surface area contributed by atoms with Crippen LogP contribution in [0.5, 0.6) is 5.75 Å². The van der Waals surface area contributed by atoms with Gasteiger partial charge in [0.15, 0.2) is 0 Å². The minimum atomic E-state index is 0.390. The lowest BCUT2D eigenvalue weighted by atomic mass is 10.00. The topological polar surface area (TPSA) is 35.5 Å². The van der Waals surface area contributed by atoms with E-state index in [2.05, 4.69) is 30.1 Å². The maximum Gasteiger partial charge on any atom is 0.116 e. The van der Waals surface area contributed by atoms with E-state index >= 15 is 0 Å². The Bertz CT molecular complexity index is 370. The zero-order chi connectivity index (χ0) is 12.3. The van der Waals surface area contributed by atoms with E-state index in [1.54, 1.807) is 0 Å². The molecular weight excluding hydrogens is 212 g/mol. The van der Waals surface area contributed by atoms with Gasteiger partial charge in [-0.25, -0.2) is 0 Å². The fourth-order valence-corrected chi connectivity index (χ4v) is 2.25. The molecule has 94 valence electrons. The van der Waals surface area contributed by atoms with Crippen molar-refractivity contribution < 1.29 is 5.11 Å². The Labute approximate surface area is 103 Å². The van der Waals surface area contributed by atoms with Crippen LogP contribution in [0.25, 0.3) is 0 Å². The molecule has 0 aromatic heterocycles. The summed E-state index contributed by atoms with van der Waals surface area (Å²) in [6, 6.07) is 5.96. The van der Waals surface area contributed by atoms with Gasteiger partial charge in [0.1, 0.15) is 5.75 Å². The minimum Gasteiger partial charge on any atom is -0.508 e. The smallest absolute Gasteiger partial charge is 0.116 e. The second-order valence-electron chi connectivity index (χ2n) is 5.11. The van der Waals surface area contributed by atoms with Crippen LogP contribution in [0.1, 0.15) is 30.9 Å². The number of hydrogen-bond acceptors (Lipinski definition) is 3. The lowest BCUT2D eigenvalue weighted by molar-refractivity contribution is 0.233. The maximum absolute atomic E-state index is 9.74. The van der Waals surface area contributed by atoms with Crippen LogP contribution in [0.4, 0.5) is 0 Å². The van der Waals surface area contributed by atoms with Gasteiger partial charge < -0.3 is 10.4 Å². The largest absolute Gasteiger partial charge is 0.508 e. The van der Waals surface area contributed by atoms with Crippen molar-refractivity contribution in [3.8, 4) is 5.75 Å². The molecule has 0 bridgehead atoms. The molecule has 2 N–H and O–H groups in total. The second kappa shape index (κ2) is 5.52. The zero-order valence-electron chi connectivity index (χ0n) is 10.7. The van der Waals surface area contributed by atoms with Crippen LogP contribution < -0.4 is 5.32 Å². The molecule has 17 heavy (non-hydrogen) atoms. The molecule has 1 aromatic carbocycles. The maximum atomic E-state index is 9.74. The van der Waals surface area contributed by atoms with Gasteiger partial charge in [0.2, 0.25) is 0 Å². The van der Waals surface area contributed by atoms with Crippen molar-refractivity contribution in [2.24, 2.45) is 0 Å². The van der Waals surface area contributed by atoms with Crippen molar-refractivity contribution in [3.63, 3.8) is 0 Å². The Balaban J connectivity index is 2.09. The Morgan fingerprint density at radius 3 is 2.59 bits per heavy atom. The van der Waals surface area contributed by atoms with Gasteiger partial charge in [-0.3, -0.25) is 4.90 Å². The first-order valence-corrected chi connectivity index (χ1v) is 6.41. The fraction of sp³-hybridized carbons (Fsp3) is 0.571. The van der Waals surface area contributed by atoms with Gasteiger partial charge in [0, 0.05) is 32.7 Å². The van der Waals surface area contributed by atoms with Crippen molar-refractivity contribution in [1.29, 1.82) is 0 Å². The monoisotopic (exact) mass is 234 g/mol. The molecular formula is C14H22N2O. The fourth-order valence-electron chi connectivity index (χ4n) is 2.25. The van der Waals surface area contributed by atoms with Crippen LogP contribution in [0, 0.1) is 0 Å². The van der Waals surface area contributed by atoms with Gasteiger partial charge in [-0.15, -0.1) is 0 Å². The summed E-state index contributed by atoms with van der Waals surface area (Å²) in [7, 11) is 0. The molecule has 0 aliphatic carbocycles. The van der Waals surface area contributed by atoms with Crippen molar-refractivity contribution in [3.05, 3.63) is 29.3 Å². The van der Waals surface area contributed by atoms with Crippen molar-refractivity contribution in [2.75, 3.05) is 26.2 Å². The normalized spacial score (nSPS) is 17.6. The lowest BCUT2D eigenvalue weighted by Gasteiger charge is -2.27. The van der Waals surface area contributed by atoms with Crippen molar-refractivity contribution in [1.82, 2.24) is 10.2 Å². The van der Waals surface area contributed by atoms with E-state index in [0.29, 0.717) is 11.7 Å². The molecule has 1 heterocycles. The van der Waals surface area contributed by atoms with E-state index in [9.17, 15) is 5.11 Å². The number of piperazine rings is 1. The summed E-state index contributed by atoms with van der Waals surface area (Å²) in [4.78, 5) is 2.43. The molecule has 2 rings (SSSR count). The second-order valence-corrected chi connectivity index (χ2v) is 5.11. The highest BCUT2D eigenvalue weighted by molar-refractivity contribution is 5.35. The summed E-state index contributed by atoms with van der Waals surface area (Å²) in [5, 5.41) is 13.1. The number of phenols is 1. The molecule has 3 nitrogen and oxygen atoms in total. The number of aromatic hydroxyl groups is 1. The summed E-state index contributed by atoms with van der Waals surface area (Å²) in [6.07, 6.45) is 0. The quantitative estimate of drug-likeness (QED) is 0.838. The minimum absolute atomic E-state index is 0.390. The van der Waals surface area contributed by atoms with E-state index in [1.165, 1.54) is 11.1 Å². The molecule has 3 heteroatoms. The number of benzene rings is 1. The highest BCUT2D eigenvalue weighted by Crippen LogP contribution is 2.23. The molecule has 0 unspecified atom stereocenters. The third-order valence-electron chi connectivity index (χ3n) is 3.28. The number of nitrogens with zero attached hydrogens (tertiary/aromatic N) is 1. The Morgan fingerprint density at radius 1 is 1.24 bits per heavy atom. The summed E-state index contributed by atoms with van der Waals surface area (Å²) in [5.41, 5.74) is 2.44. The Hall–Kier alpha value is -1.06. The predicted molar refractivity (Wildman–Crippen MR) is 70.3 cm³/mol. The van der Waals surface area contributed by atoms with Crippen LogP contribution >= 0.6 is 0 Å². The van der Waals surface area contributed by atoms with Gasteiger partial charge in [-0.1, -0.05) is 19.9 Å². The van der Waals surface area contributed by atoms with Crippen LogP contribution in [0.3, 0.4) is 0 Å². The van der Waals surface area contributed by atoms with Gasteiger partial charge in [-0.05, 0) is 29.2 Å². The molecule has 0 radical (unpaired) electrons. The molecule has 0 atom stereocenters. The SMILES string of the molecule is CC(C)c1cc(O)cc(CN2CCNCC2)c1. The first-order valence-electron chi connectivity index (χ1n) is 6.41. The standard InChI is InChI=1S/C14H22N2O/c1-11(2)13-7-12(8-14(17)9-13)10-16-5-3-15-4-6-16/h7-9,11,15,17H,3-6,10H2,1-2H3. The highest BCUT2D eigenvalue weighted by atomic mass is 16.3. The molecule has 1 saturated heterocycles. The lowest BCUT2D eigenvalue weighted by Crippen LogP contribution is -2.42. The van der Waals surface area contributed by atoms with Gasteiger partial charge in [0.05, 0.1) is 0 Å². The van der Waals surface area contributed by atoms with Gasteiger partial charge in [-0.2, -0.15) is 0 Å². The van der Waals surface area contributed by atoms with E-state index in [4.69, 9.17) is 0 Å². The third kappa shape index (κ3) is 3.45. The molecule has 1 aromatic rings. The zero-order valence-corrected chi connectivity index (χ0v) is 10.7. The number of rotatable bonds is 3. The van der Waals surface area contributed by atoms with E-state index < -0.39 is 0 Å². The summed E-state index contributed by atoms with van der Waals surface area (Å²) in [5.74, 6) is 0.852. The van der Waals surface area contributed by atoms with Crippen LogP contribution in [0.2, 0.25) is 0 Å². The molecule has 0 amide bonds. The van der Waals surface area contributed by atoms with Gasteiger partial charge in [0.25, 0.3) is 0 Å². The van der Waals surface area contributed by atoms with Crippen LogP contribution in [-0.4, -0.2) is 36.2 Å². The molecule has 0 spiro atoms. The molecule has 1 aliphatic heterocycles. The average Bonchev–Trinajstić information content (AvgIpc) is 2.29. The van der Waals surface area contributed by atoms with E-state index in [0.717, 1.165) is 32.7 Å². The third-order valence-corrected chi connectivity index (χ3v) is 3.28. The predicted octanol–water partition coefficient (Wildman–Crippen LogP) is 1.92. The van der Waals surface area contributed by atoms with E-state index in [1.807, 2.05) is 12.1 Å². The first-order chi connectivity index (χ1) is 8.15. The molecule has 1 fully saturated rings. The van der Waals surface area contributed by atoms with Crippen molar-refractivity contribution in [2.45, 2.75) is 26.3 Å². The summed E-state index contributed by atoms with van der Waals surface area (Å²) < 4.78 is 0. The first kappa shape index (κ1) is 12.4. The van der Waals surface area contributed by atoms with Crippen LogP contribution in [0.15, 0.2) is 18.2 Å². The van der Waals surface area contributed by atoms with Crippen molar-refractivity contribution >= 4 is 0 Å². The summed E-state index contributed by atoms with van der Waals surface area (Å²) in [6.45, 7) is 9.56. The van der Waals surface area contributed by atoms with E-state index in [-0.39, 0.29) is 0 Å². The Kier molecular flexibility index (Phi) is 4.02. The Morgan fingerprint density at radius 2 is 1.94 bits per heavy atom. The highest BCUT2D eigenvalue weighted by Gasteiger charge is 2.11. The average molecular weight is 234 g/mol. The van der Waals surface area contributed by atoms with Crippen LogP contribution in [-0.2, 0) is 6.54 Å². The van der Waals surface area contributed by atoms with Gasteiger partial charge >= 0.3 is 0 Å². The molecule has 0 saturated carbocycles. The number of hydrogen-bond donors (Lipinski definition) is 2. The number of phenolic OH excluding ortho intramolecular Hbond substituents is 1. The molecule has 1 aliphatic rings. The summed E-state index contributed by atoms with van der Waals surface area (Å²) >= 11 is 0. The number of nitrogens with one attached hydrogen (secondary N) is 1.